The second-order valence-electron chi connectivity index (χ2n) is 6.92. The molecule has 0 bridgehead atoms. The highest BCUT2D eigenvalue weighted by molar-refractivity contribution is 5.83. The van der Waals surface area contributed by atoms with E-state index in [9.17, 15) is 4.79 Å². The number of carbonyl (C=O) groups is 1. The molecular weight excluding hydrogens is 304 g/mol. The second-order valence-corrected chi connectivity index (χ2v) is 6.92. The molecule has 2 atom stereocenters. The van der Waals surface area contributed by atoms with Gasteiger partial charge >= 0.3 is 0 Å². The van der Waals surface area contributed by atoms with Crippen molar-refractivity contribution in [2.45, 2.75) is 32.1 Å². The maximum absolute atomic E-state index is 12.8. The number of fused-ring (bicyclic) bond motifs is 1. The molecule has 1 saturated heterocycles. The lowest BCUT2D eigenvalue weighted by molar-refractivity contribution is -0.133. The van der Waals surface area contributed by atoms with E-state index >= 15 is 0 Å². The SMILES string of the molecule is COc1ccc(CCNC(=O)[C@@]23CCCC[C@H]2CNC3)cc1OC. The molecule has 2 N–H and O–H groups in total. The summed E-state index contributed by atoms with van der Waals surface area (Å²) in [5.41, 5.74) is 0.964. The number of rotatable bonds is 6. The molecule has 1 aliphatic carbocycles. The zero-order valence-electron chi connectivity index (χ0n) is 14.7. The summed E-state index contributed by atoms with van der Waals surface area (Å²) in [5, 5.41) is 6.61. The van der Waals surface area contributed by atoms with Crippen LogP contribution in [0.15, 0.2) is 18.2 Å². The summed E-state index contributed by atoms with van der Waals surface area (Å²) in [5.74, 6) is 2.20. The third-order valence-electron chi connectivity index (χ3n) is 5.64. The Morgan fingerprint density at radius 1 is 1.29 bits per heavy atom. The summed E-state index contributed by atoms with van der Waals surface area (Å²) in [7, 11) is 3.27. The third-order valence-corrected chi connectivity index (χ3v) is 5.64. The Labute approximate surface area is 144 Å². The number of amides is 1. The first-order valence-corrected chi connectivity index (χ1v) is 8.89. The van der Waals surface area contributed by atoms with Gasteiger partial charge in [-0.2, -0.15) is 0 Å². The normalized spacial score (nSPS) is 25.8. The lowest BCUT2D eigenvalue weighted by atomic mass is 9.67. The molecule has 132 valence electrons. The van der Waals surface area contributed by atoms with Crippen LogP contribution >= 0.6 is 0 Å². The van der Waals surface area contributed by atoms with Crippen LogP contribution in [0.2, 0.25) is 0 Å². The van der Waals surface area contributed by atoms with E-state index in [0.29, 0.717) is 12.5 Å². The lowest BCUT2D eigenvalue weighted by Crippen LogP contribution is -2.48. The molecule has 2 fully saturated rings. The summed E-state index contributed by atoms with van der Waals surface area (Å²) >= 11 is 0. The van der Waals surface area contributed by atoms with Gasteiger partial charge < -0.3 is 20.1 Å². The number of carbonyl (C=O) groups excluding carboxylic acids is 1. The van der Waals surface area contributed by atoms with Crippen molar-refractivity contribution >= 4 is 5.91 Å². The minimum Gasteiger partial charge on any atom is -0.493 e. The number of methoxy groups -OCH3 is 2. The molecule has 1 saturated carbocycles. The van der Waals surface area contributed by atoms with Crippen LogP contribution in [0.4, 0.5) is 0 Å². The van der Waals surface area contributed by atoms with Crippen LogP contribution < -0.4 is 20.1 Å². The fraction of sp³-hybridized carbons (Fsp3) is 0.632. The molecular formula is C19H28N2O3. The minimum absolute atomic E-state index is 0.171. The second kappa shape index (κ2) is 7.43. The van der Waals surface area contributed by atoms with Crippen LogP contribution in [0.25, 0.3) is 0 Å². The van der Waals surface area contributed by atoms with Gasteiger partial charge in [-0.1, -0.05) is 18.9 Å². The number of ether oxygens (including phenoxy) is 2. The van der Waals surface area contributed by atoms with Gasteiger partial charge in [0.2, 0.25) is 5.91 Å². The molecule has 24 heavy (non-hydrogen) atoms. The number of nitrogens with one attached hydrogen (secondary N) is 2. The maximum Gasteiger partial charge on any atom is 0.227 e. The van der Waals surface area contributed by atoms with Crippen LogP contribution in [0, 0.1) is 11.3 Å². The first kappa shape index (κ1) is 17.1. The van der Waals surface area contributed by atoms with Crippen molar-refractivity contribution in [1.29, 1.82) is 0 Å². The number of benzene rings is 1. The van der Waals surface area contributed by atoms with Crippen molar-refractivity contribution in [2.24, 2.45) is 11.3 Å². The largest absolute Gasteiger partial charge is 0.493 e. The first-order chi connectivity index (χ1) is 11.7. The van der Waals surface area contributed by atoms with Gasteiger partial charge in [0.15, 0.2) is 11.5 Å². The van der Waals surface area contributed by atoms with Gasteiger partial charge in [-0.15, -0.1) is 0 Å². The molecule has 1 amide bonds. The molecule has 1 aliphatic heterocycles. The Balaban J connectivity index is 1.57. The van der Waals surface area contributed by atoms with E-state index < -0.39 is 0 Å². The van der Waals surface area contributed by atoms with Crippen LogP contribution in [0.5, 0.6) is 11.5 Å². The zero-order valence-corrected chi connectivity index (χ0v) is 14.7. The Morgan fingerprint density at radius 2 is 2.12 bits per heavy atom. The summed E-state index contributed by atoms with van der Waals surface area (Å²) in [4.78, 5) is 12.8. The smallest absolute Gasteiger partial charge is 0.227 e. The Kier molecular flexibility index (Phi) is 5.29. The van der Waals surface area contributed by atoms with Crippen molar-refractivity contribution in [3.63, 3.8) is 0 Å². The van der Waals surface area contributed by atoms with Gasteiger partial charge in [0.05, 0.1) is 19.6 Å². The van der Waals surface area contributed by atoms with E-state index in [1.54, 1.807) is 14.2 Å². The molecule has 1 aromatic rings. The van der Waals surface area contributed by atoms with E-state index in [-0.39, 0.29) is 11.3 Å². The van der Waals surface area contributed by atoms with Crippen molar-refractivity contribution in [2.75, 3.05) is 33.9 Å². The first-order valence-electron chi connectivity index (χ1n) is 8.89. The van der Waals surface area contributed by atoms with E-state index in [2.05, 4.69) is 10.6 Å². The number of hydrogen-bond acceptors (Lipinski definition) is 4. The average Bonchev–Trinajstić information content (AvgIpc) is 3.06. The fourth-order valence-corrected chi connectivity index (χ4v) is 4.22. The zero-order chi connectivity index (χ0) is 17.0. The Morgan fingerprint density at radius 3 is 2.92 bits per heavy atom. The standard InChI is InChI=1S/C19H28N2O3/c1-23-16-7-6-14(11-17(16)24-2)8-10-21-18(22)19-9-4-3-5-15(19)12-20-13-19/h6-7,11,15,20H,3-5,8-10,12-13H2,1-2H3,(H,21,22)/t15-,19+/m0/s1. The maximum atomic E-state index is 12.8. The minimum atomic E-state index is -0.171. The topological polar surface area (TPSA) is 59.6 Å². The molecule has 0 aromatic heterocycles. The van der Waals surface area contributed by atoms with Crippen LogP contribution in [0.1, 0.15) is 31.2 Å². The Hall–Kier alpha value is -1.75. The lowest BCUT2D eigenvalue weighted by Gasteiger charge is -2.37. The van der Waals surface area contributed by atoms with Crippen molar-refractivity contribution in [3.05, 3.63) is 23.8 Å². The van der Waals surface area contributed by atoms with Crippen molar-refractivity contribution < 1.29 is 14.3 Å². The molecule has 5 heteroatoms. The summed E-state index contributed by atoms with van der Waals surface area (Å²) in [6.07, 6.45) is 5.41. The van der Waals surface area contributed by atoms with Gasteiger partial charge in [0.1, 0.15) is 0 Å². The molecule has 1 aromatic carbocycles. The predicted molar refractivity (Wildman–Crippen MR) is 93.5 cm³/mol. The van der Waals surface area contributed by atoms with Crippen LogP contribution in [-0.2, 0) is 11.2 Å². The van der Waals surface area contributed by atoms with Crippen molar-refractivity contribution in [3.8, 4) is 11.5 Å². The summed E-state index contributed by atoms with van der Waals surface area (Å²) < 4.78 is 10.6. The molecule has 0 unspecified atom stereocenters. The third kappa shape index (κ3) is 3.22. The van der Waals surface area contributed by atoms with Crippen LogP contribution in [0.3, 0.4) is 0 Å². The highest BCUT2D eigenvalue weighted by Gasteiger charge is 2.49. The quantitative estimate of drug-likeness (QED) is 0.838. The molecule has 2 aliphatic rings. The summed E-state index contributed by atoms with van der Waals surface area (Å²) in [6, 6.07) is 5.91. The van der Waals surface area contributed by atoms with E-state index in [1.807, 2.05) is 18.2 Å². The fourth-order valence-electron chi connectivity index (χ4n) is 4.22. The predicted octanol–water partition coefficient (Wildman–Crippen LogP) is 2.14. The van der Waals surface area contributed by atoms with E-state index in [0.717, 1.165) is 43.0 Å². The molecule has 5 nitrogen and oxygen atoms in total. The van der Waals surface area contributed by atoms with E-state index in [1.165, 1.54) is 19.3 Å². The highest BCUT2D eigenvalue weighted by Crippen LogP contribution is 2.43. The molecule has 3 rings (SSSR count). The molecule has 0 radical (unpaired) electrons. The summed E-state index contributed by atoms with van der Waals surface area (Å²) in [6.45, 7) is 2.48. The monoisotopic (exact) mass is 332 g/mol. The van der Waals surface area contributed by atoms with Gasteiger partial charge in [-0.05, 0) is 49.4 Å². The molecule has 0 spiro atoms. The van der Waals surface area contributed by atoms with Gasteiger partial charge in [0.25, 0.3) is 0 Å². The van der Waals surface area contributed by atoms with Gasteiger partial charge in [-0.25, -0.2) is 0 Å². The van der Waals surface area contributed by atoms with Gasteiger partial charge in [-0.3, -0.25) is 4.79 Å². The van der Waals surface area contributed by atoms with Crippen molar-refractivity contribution in [1.82, 2.24) is 10.6 Å². The number of hydrogen-bond donors (Lipinski definition) is 2. The van der Waals surface area contributed by atoms with Crippen LogP contribution in [-0.4, -0.2) is 39.8 Å². The average molecular weight is 332 g/mol. The van der Waals surface area contributed by atoms with Gasteiger partial charge in [0, 0.05) is 13.1 Å². The molecule has 1 heterocycles. The highest BCUT2D eigenvalue weighted by atomic mass is 16.5. The van der Waals surface area contributed by atoms with E-state index in [4.69, 9.17) is 9.47 Å². The Bertz CT molecular complexity index is 590.